The highest BCUT2D eigenvalue weighted by Gasteiger charge is 2.32. The quantitative estimate of drug-likeness (QED) is 0.381. The molecule has 7 heteroatoms. The van der Waals surface area contributed by atoms with Gasteiger partial charge in [-0.25, -0.2) is 4.99 Å². The van der Waals surface area contributed by atoms with Gasteiger partial charge in [0.05, 0.1) is 15.7 Å². The van der Waals surface area contributed by atoms with E-state index in [1.807, 2.05) is 30.3 Å². The lowest BCUT2D eigenvalue weighted by Crippen LogP contribution is -2.32. The van der Waals surface area contributed by atoms with Gasteiger partial charge in [0.15, 0.2) is 0 Å². The van der Waals surface area contributed by atoms with E-state index in [1.54, 1.807) is 42.5 Å². The molecule has 3 aromatic rings. The smallest absolute Gasteiger partial charge is 0.266 e. The first kappa shape index (κ1) is 20.0. The summed E-state index contributed by atoms with van der Waals surface area (Å²) in [5.41, 5.74) is 2.25. The number of hydrogen-bond acceptors (Lipinski definition) is 2. The summed E-state index contributed by atoms with van der Waals surface area (Å²) in [4.78, 5) is 19.4. The predicted molar refractivity (Wildman–Crippen MR) is 121 cm³/mol. The number of carbonyl (C=O) groups is 1. The van der Waals surface area contributed by atoms with Gasteiger partial charge in [-0.1, -0.05) is 82.8 Å². The van der Waals surface area contributed by atoms with Crippen molar-refractivity contribution < 1.29 is 4.79 Å². The zero-order chi connectivity index (χ0) is 20.5. The zero-order valence-corrected chi connectivity index (χ0v) is 17.8. The topological polar surface area (TPSA) is 32.7 Å². The maximum atomic E-state index is 13.3. The van der Waals surface area contributed by atoms with Crippen molar-refractivity contribution in [2.24, 2.45) is 4.99 Å². The lowest BCUT2D eigenvalue weighted by atomic mass is 10.1. The molecule has 0 saturated carbocycles. The van der Waals surface area contributed by atoms with Gasteiger partial charge < -0.3 is 0 Å². The Labute approximate surface area is 187 Å². The number of amides is 1. The summed E-state index contributed by atoms with van der Waals surface area (Å²) in [7, 11) is 0. The van der Waals surface area contributed by atoms with Crippen LogP contribution in [0, 0.1) is 0 Å². The molecular formula is C22H12Cl4N2O. The molecule has 0 bridgehead atoms. The van der Waals surface area contributed by atoms with Crippen LogP contribution in [0.2, 0.25) is 20.1 Å². The van der Waals surface area contributed by atoms with Crippen molar-refractivity contribution in [2.45, 2.75) is 0 Å². The molecule has 144 valence electrons. The van der Waals surface area contributed by atoms with E-state index in [2.05, 4.69) is 4.99 Å². The fourth-order valence-electron chi connectivity index (χ4n) is 2.93. The fraction of sp³-hybridized carbons (Fsp3) is 0. The Balaban J connectivity index is 1.84. The average Bonchev–Trinajstić information content (AvgIpc) is 3.03. The summed E-state index contributed by atoms with van der Waals surface area (Å²) in [6.45, 7) is 0. The maximum Gasteiger partial charge on any atom is 0.282 e. The molecule has 0 radical (unpaired) electrons. The van der Waals surface area contributed by atoms with Crippen molar-refractivity contribution in [3.63, 3.8) is 0 Å². The summed E-state index contributed by atoms with van der Waals surface area (Å²) < 4.78 is 0. The Morgan fingerprint density at radius 2 is 1.55 bits per heavy atom. The van der Waals surface area contributed by atoms with Crippen molar-refractivity contribution in [1.82, 2.24) is 0 Å². The van der Waals surface area contributed by atoms with Gasteiger partial charge in [0.1, 0.15) is 11.5 Å². The highest BCUT2D eigenvalue weighted by atomic mass is 35.5. The Kier molecular flexibility index (Phi) is 5.66. The SMILES string of the molecule is O=C1/C(=C\c2ccc(Cl)cc2Cl)N=C(c2ccccc2)N1c1ccc(Cl)c(Cl)c1. The monoisotopic (exact) mass is 460 g/mol. The Bertz CT molecular complexity index is 1170. The van der Waals surface area contributed by atoms with E-state index in [-0.39, 0.29) is 11.6 Å². The van der Waals surface area contributed by atoms with Gasteiger partial charge in [-0.15, -0.1) is 0 Å². The molecule has 0 atom stereocenters. The largest absolute Gasteiger partial charge is 0.282 e. The number of aliphatic imine (C=N–C) groups is 1. The van der Waals surface area contributed by atoms with Crippen LogP contribution in [0.5, 0.6) is 0 Å². The number of hydrogen-bond donors (Lipinski definition) is 0. The standard InChI is InChI=1S/C22H12Cl4N2O/c23-15-7-6-14(18(25)11-15)10-20-22(29)28(16-8-9-17(24)19(26)12-16)21(27-20)13-4-2-1-3-5-13/h1-12H/b20-10+. The normalized spacial score (nSPS) is 15.2. The van der Waals surface area contributed by atoms with Crippen LogP contribution in [0.4, 0.5) is 5.69 Å². The zero-order valence-electron chi connectivity index (χ0n) is 14.7. The van der Waals surface area contributed by atoms with Crippen LogP contribution < -0.4 is 4.90 Å². The Morgan fingerprint density at radius 1 is 0.793 bits per heavy atom. The summed E-state index contributed by atoms with van der Waals surface area (Å²) in [6.07, 6.45) is 1.64. The second-order valence-corrected chi connectivity index (χ2v) is 7.89. The van der Waals surface area contributed by atoms with E-state index in [0.29, 0.717) is 37.2 Å². The first-order valence-electron chi connectivity index (χ1n) is 8.54. The highest BCUT2D eigenvalue weighted by Crippen LogP contribution is 2.33. The van der Waals surface area contributed by atoms with E-state index in [9.17, 15) is 4.79 Å². The van der Waals surface area contributed by atoms with Crippen molar-refractivity contribution >= 4 is 69.9 Å². The van der Waals surface area contributed by atoms with Crippen LogP contribution in [0.1, 0.15) is 11.1 Å². The van der Waals surface area contributed by atoms with Gasteiger partial charge in [-0.2, -0.15) is 0 Å². The van der Waals surface area contributed by atoms with Crippen LogP contribution in [0.15, 0.2) is 77.4 Å². The minimum atomic E-state index is -0.298. The van der Waals surface area contributed by atoms with Crippen molar-refractivity contribution in [3.05, 3.63) is 104 Å². The first-order chi connectivity index (χ1) is 13.9. The van der Waals surface area contributed by atoms with Gasteiger partial charge in [0.2, 0.25) is 0 Å². The second kappa shape index (κ2) is 8.21. The number of rotatable bonds is 3. The van der Waals surface area contributed by atoms with E-state index in [0.717, 1.165) is 5.56 Å². The number of benzene rings is 3. The molecule has 1 aliphatic heterocycles. The van der Waals surface area contributed by atoms with Crippen LogP contribution >= 0.6 is 46.4 Å². The second-order valence-electron chi connectivity index (χ2n) is 6.24. The number of amidine groups is 1. The van der Waals surface area contributed by atoms with Gasteiger partial charge in [-0.05, 0) is 42.0 Å². The van der Waals surface area contributed by atoms with E-state index in [4.69, 9.17) is 46.4 Å². The molecule has 0 unspecified atom stereocenters. The van der Waals surface area contributed by atoms with Crippen LogP contribution in [-0.2, 0) is 4.79 Å². The third kappa shape index (κ3) is 4.05. The van der Waals surface area contributed by atoms with Crippen LogP contribution in [-0.4, -0.2) is 11.7 Å². The molecular weight excluding hydrogens is 450 g/mol. The lowest BCUT2D eigenvalue weighted by molar-refractivity contribution is -0.113. The molecule has 1 aliphatic rings. The van der Waals surface area contributed by atoms with Crippen molar-refractivity contribution in [2.75, 3.05) is 4.90 Å². The average molecular weight is 462 g/mol. The van der Waals surface area contributed by atoms with E-state index >= 15 is 0 Å². The van der Waals surface area contributed by atoms with Crippen LogP contribution in [0.3, 0.4) is 0 Å². The predicted octanol–water partition coefficient (Wildman–Crippen LogP) is 7.13. The van der Waals surface area contributed by atoms with Crippen molar-refractivity contribution in [1.29, 1.82) is 0 Å². The summed E-state index contributed by atoms with van der Waals surface area (Å²) in [5, 5.41) is 1.70. The van der Waals surface area contributed by atoms with Crippen molar-refractivity contribution in [3.8, 4) is 0 Å². The van der Waals surface area contributed by atoms with E-state index in [1.165, 1.54) is 4.90 Å². The third-order valence-electron chi connectivity index (χ3n) is 4.31. The number of halogens is 4. The van der Waals surface area contributed by atoms with Gasteiger partial charge in [0.25, 0.3) is 5.91 Å². The molecule has 0 N–H and O–H groups in total. The van der Waals surface area contributed by atoms with Gasteiger partial charge in [-0.3, -0.25) is 9.69 Å². The maximum absolute atomic E-state index is 13.3. The molecule has 0 aliphatic carbocycles. The number of carbonyl (C=O) groups excluding carboxylic acids is 1. The Hall–Kier alpha value is -2.30. The third-order valence-corrected chi connectivity index (χ3v) is 5.61. The molecule has 1 heterocycles. The minimum absolute atomic E-state index is 0.249. The minimum Gasteiger partial charge on any atom is -0.266 e. The van der Waals surface area contributed by atoms with Gasteiger partial charge >= 0.3 is 0 Å². The molecule has 1 amide bonds. The summed E-state index contributed by atoms with van der Waals surface area (Å²) in [6, 6.07) is 19.5. The van der Waals surface area contributed by atoms with Gasteiger partial charge in [0, 0.05) is 15.6 Å². The number of anilines is 1. The fourth-order valence-corrected chi connectivity index (χ4v) is 3.68. The molecule has 0 spiro atoms. The molecule has 0 aromatic heterocycles. The molecule has 3 aromatic carbocycles. The Morgan fingerprint density at radius 3 is 2.24 bits per heavy atom. The van der Waals surface area contributed by atoms with E-state index < -0.39 is 0 Å². The first-order valence-corrected chi connectivity index (χ1v) is 10.1. The molecule has 3 nitrogen and oxygen atoms in total. The van der Waals surface area contributed by atoms with Crippen LogP contribution in [0.25, 0.3) is 6.08 Å². The number of nitrogens with zero attached hydrogens (tertiary/aromatic N) is 2. The molecule has 0 fully saturated rings. The molecule has 29 heavy (non-hydrogen) atoms. The molecule has 0 saturated heterocycles. The highest BCUT2D eigenvalue weighted by molar-refractivity contribution is 6.42. The molecule has 4 rings (SSSR count). The summed E-state index contributed by atoms with van der Waals surface area (Å²) in [5.74, 6) is 0.193. The summed E-state index contributed by atoms with van der Waals surface area (Å²) >= 11 is 24.5. The lowest BCUT2D eigenvalue weighted by Gasteiger charge is -2.19.